The standard InChI is InChI=1S/C26H27N3O/c1-18-7-10-25-22(15-18)24-17-23(21-9-8-19-5-3-4-6-20(19)16-21)27-29(24)26(30-25)11-13-28(2)14-12-26/h3-10,15-16,24H,11-14,17H2,1-2H3/t24-/m0/s1. The predicted molar refractivity (Wildman–Crippen MR) is 121 cm³/mol. The molecule has 0 saturated carbocycles. The van der Waals surface area contributed by atoms with Crippen molar-refractivity contribution in [2.75, 3.05) is 20.1 Å². The van der Waals surface area contributed by atoms with E-state index in [-0.39, 0.29) is 11.8 Å². The van der Waals surface area contributed by atoms with Gasteiger partial charge in [-0.15, -0.1) is 0 Å². The summed E-state index contributed by atoms with van der Waals surface area (Å²) in [6, 6.07) is 22.1. The number of fused-ring (bicyclic) bond motifs is 5. The number of ether oxygens (including phenoxy) is 1. The maximum absolute atomic E-state index is 6.72. The lowest BCUT2D eigenvalue weighted by Crippen LogP contribution is -2.58. The van der Waals surface area contributed by atoms with Crippen LogP contribution in [0.1, 0.15) is 42.0 Å². The van der Waals surface area contributed by atoms with Crippen LogP contribution in [0.15, 0.2) is 65.8 Å². The molecule has 0 aliphatic carbocycles. The number of hydrogen-bond donors (Lipinski definition) is 0. The smallest absolute Gasteiger partial charge is 0.200 e. The molecule has 4 nitrogen and oxygen atoms in total. The van der Waals surface area contributed by atoms with Gasteiger partial charge in [-0.3, -0.25) is 0 Å². The second-order valence-electron chi connectivity index (χ2n) is 9.07. The van der Waals surface area contributed by atoms with Crippen molar-refractivity contribution in [1.29, 1.82) is 0 Å². The van der Waals surface area contributed by atoms with E-state index >= 15 is 0 Å². The average Bonchev–Trinajstić information content (AvgIpc) is 3.23. The lowest BCUT2D eigenvalue weighted by molar-refractivity contribution is -0.147. The molecule has 1 spiro atoms. The van der Waals surface area contributed by atoms with Crippen LogP contribution in [0.25, 0.3) is 10.8 Å². The zero-order chi connectivity index (χ0) is 20.3. The van der Waals surface area contributed by atoms with Crippen molar-refractivity contribution in [3.8, 4) is 5.75 Å². The van der Waals surface area contributed by atoms with Crippen LogP contribution < -0.4 is 4.74 Å². The average molecular weight is 398 g/mol. The summed E-state index contributed by atoms with van der Waals surface area (Å²) >= 11 is 0. The minimum absolute atomic E-state index is 0.249. The Morgan fingerprint density at radius 1 is 0.967 bits per heavy atom. The van der Waals surface area contributed by atoms with Crippen LogP contribution in [-0.2, 0) is 0 Å². The van der Waals surface area contributed by atoms with E-state index in [1.807, 2.05) is 0 Å². The van der Waals surface area contributed by atoms with Crippen molar-refractivity contribution in [2.24, 2.45) is 5.10 Å². The molecule has 3 aliphatic heterocycles. The number of hydrogen-bond acceptors (Lipinski definition) is 4. The fourth-order valence-corrected chi connectivity index (χ4v) is 5.24. The molecule has 30 heavy (non-hydrogen) atoms. The van der Waals surface area contributed by atoms with Crippen LogP contribution in [0.3, 0.4) is 0 Å². The highest BCUT2D eigenvalue weighted by atomic mass is 16.5. The molecule has 3 aromatic rings. The Hall–Kier alpha value is -2.85. The first-order valence-electron chi connectivity index (χ1n) is 11.0. The van der Waals surface area contributed by atoms with Gasteiger partial charge in [0.25, 0.3) is 0 Å². The monoisotopic (exact) mass is 397 g/mol. The van der Waals surface area contributed by atoms with E-state index in [2.05, 4.69) is 84.5 Å². The van der Waals surface area contributed by atoms with E-state index in [4.69, 9.17) is 9.84 Å². The van der Waals surface area contributed by atoms with E-state index in [9.17, 15) is 0 Å². The summed E-state index contributed by atoms with van der Waals surface area (Å²) in [5.41, 5.74) is 4.61. The minimum Gasteiger partial charge on any atom is -0.466 e. The summed E-state index contributed by atoms with van der Waals surface area (Å²) in [7, 11) is 2.19. The third-order valence-corrected chi connectivity index (χ3v) is 7.00. The second-order valence-corrected chi connectivity index (χ2v) is 9.07. The van der Waals surface area contributed by atoms with Crippen molar-refractivity contribution < 1.29 is 4.74 Å². The van der Waals surface area contributed by atoms with E-state index in [0.717, 1.165) is 38.1 Å². The number of aryl methyl sites for hydroxylation is 1. The molecule has 0 aromatic heterocycles. The van der Waals surface area contributed by atoms with Crippen molar-refractivity contribution in [2.45, 2.75) is 38.0 Å². The third-order valence-electron chi connectivity index (χ3n) is 7.00. The first-order valence-corrected chi connectivity index (χ1v) is 11.0. The van der Waals surface area contributed by atoms with Gasteiger partial charge in [0.1, 0.15) is 5.75 Å². The van der Waals surface area contributed by atoms with E-state index < -0.39 is 0 Å². The molecule has 1 atom stereocenters. The molecule has 152 valence electrons. The fraction of sp³-hybridized carbons (Fsp3) is 0.346. The van der Waals surface area contributed by atoms with Crippen LogP contribution in [0.5, 0.6) is 5.75 Å². The molecule has 1 fully saturated rings. The van der Waals surface area contributed by atoms with Gasteiger partial charge in [-0.05, 0) is 42.4 Å². The van der Waals surface area contributed by atoms with Crippen molar-refractivity contribution >= 4 is 16.5 Å². The largest absolute Gasteiger partial charge is 0.466 e. The molecule has 6 rings (SSSR count). The summed E-state index contributed by atoms with van der Waals surface area (Å²) in [5.74, 6) is 1.04. The molecule has 0 unspecified atom stereocenters. The van der Waals surface area contributed by atoms with Crippen molar-refractivity contribution in [3.05, 3.63) is 77.4 Å². The Labute approximate surface area is 177 Å². The minimum atomic E-state index is -0.335. The summed E-state index contributed by atoms with van der Waals surface area (Å²) in [5, 5.41) is 10.1. The first-order chi connectivity index (χ1) is 14.6. The summed E-state index contributed by atoms with van der Waals surface area (Å²) in [6.07, 6.45) is 2.87. The molecule has 1 saturated heterocycles. The van der Waals surface area contributed by atoms with Crippen LogP contribution in [0.2, 0.25) is 0 Å². The number of nitrogens with zero attached hydrogens (tertiary/aromatic N) is 3. The Balaban J connectivity index is 1.45. The summed E-state index contributed by atoms with van der Waals surface area (Å²) in [4.78, 5) is 2.39. The van der Waals surface area contributed by atoms with Gasteiger partial charge in [0.2, 0.25) is 5.72 Å². The van der Waals surface area contributed by atoms with Crippen molar-refractivity contribution in [1.82, 2.24) is 9.91 Å². The number of rotatable bonds is 1. The highest BCUT2D eigenvalue weighted by molar-refractivity contribution is 6.04. The van der Waals surface area contributed by atoms with Crippen LogP contribution in [0, 0.1) is 6.92 Å². The zero-order valence-electron chi connectivity index (χ0n) is 17.6. The maximum atomic E-state index is 6.72. The van der Waals surface area contributed by atoms with Crippen LogP contribution in [0.4, 0.5) is 0 Å². The Kier molecular flexibility index (Phi) is 3.94. The lowest BCUT2D eigenvalue weighted by Gasteiger charge is -2.50. The van der Waals surface area contributed by atoms with E-state index in [1.165, 1.54) is 33.2 Å². The van der Waals surface area contributed by atoms with Gasteiger partial charge in [0.05, 0.1) is 11.8 Å². The van der Waals surface area contributed by atoms with Gasteiger partial charge in [-0.2, -0.15) is 5.10 Å². The molecule has 4 heteroatoms. The van der Waals surface area contributed by atoms with Crippen LogP contribution >= 0.6 is 0 Å². The molecule has 0 radical (unpaired) electrons. The Bertz CT molecular complexity index is 1160. The van der Waals surface area contributed by atoms with E-state index in [0.29, 0.717) is 0 Å². The second kappa shape index (κ2) is 6.58. The molecule has 3 aromatic carbocycles. The normalized spacial score (nSPS) is 22.5. The third kappa shape index (κ3) is 2.74. The highest BCUT2D eigenvalue weighted by Gasteiger charge is 2.51. The lowest BCUT2D eigenvalue weighted by atomic mass is 9.90. The summed E-state index contributed by atoms with van der Waals surface area (Å²) in [6.45, 7) is 4.22. The van der Waals surface area contributed by atoms with Gasteiger partial charge in [-0.1, -0.05) is 54.1 Å². The van der Waals surface area contributed by atoms with E-state index in [1.54, 1.807) is 0 Å². The molecule has 3 aliphatic rings. The van der Waals surface area contributed by atoms with Gasteiger partial charge in [0, 0.05) is 37.9 Å². The highest BCUT2D eigenvalue weighted by Crippen LogP contribution is 2.50. The number of hydrazone groups is 1. The van der Waals surface area contributed by atoms with Gasteiger partial charge >= 0.3 is 0 Å². The molecule has 0 amide bonds. The molecule has 0 N–H and O–H groups in total. The number of benzene rings is 3. The maximum Gasteiger partial charge on any atom is 0.200 e. The van der Waals surface area contributed by atoms with Gasteiger partial charge in [0.15, 0.2) is 0 Å². The Morgan fingerprint density at radius 2 is 1.77 bits per heavy atom. The zero-order valence-corrected chi connectivity index (χ0v) is 17.6. The van der Waals surface area contributed by atoms with Crippen LogP contribution in [-0.4, -0.2) is 41.5 Å². The SMILES string of the molecule is Cc1ccc2c(c1)[C@@H]1CC(c3ccc4ccccc4c3)=NN1C1(CCN(C)CC1)O2. The molecular formula is C26H27N3O. The Morgan fingerprint density at radius 3 is 2.60 bits per heavy atom. The fourth-order valence-electron chi connectivity index (χ4n) is 5.24. The summed E-state index contributed by atoms with van der Waals surface area (Å²) < 4.78 is 6.72. The number of piperidine rings is 1. The van der Waals surface area contributed by atoms with Crippen molar-refractivity contribution in [3.63, 3.8) is 0 Å². The molecule has 0 bridgehead atoms. The number of likely N-dealkylation sites (tertiary alicyclic amines) is 1. The predicted octanol–water partition coefficient (Wildman–Crippen LogP) is 5.11. The first kappa shape index (κ1) is 18.0. The topological polar surface area (TPSA) is 28.1 Å². The molecular weight excluding hydrogens is 370 g/mol. The van der Waals surface area contributed by atoms with Gasteiger partial charge in [-0.25, -0.2) is 5.01 Å². The molecule has 3 heterocycles. The quantitative estimate of drug-likeness (QED) is 0.571. The van der Waals surface area contributed by atoms with Gasteiger partial charge < -0.3 is 9.64 Å².